The number of rotatable bonds is 6. The molecule has 0 radical (unpaired) electrons. The van der Waals surface area contributed by atoms with Crippen LogP contribution in [0.4, 0.5) is 20.3 Å². The first-order valence-corrected chi connectivity index (χ1v) is 9.90. The van der Waals surface area contributed by atoms with Crippen molar-refractivity contribution in [2.75, 3.05) is 17.3 Å². The third-order valence-electron chi connectivity index (χ3n) is 3.10. The van der Waals surface area contributed by atoms with Crippen LogP contribution in [0.1, 0.15) is 12.6 Å². The summed E-state index contributed by atoms with van der Waals surface area (Å²) in [6, 6.07) is 6.16. The number of aromatic nitrogens is 3. The van der Waals surface area contributed by atoms with Crippen LogP contribution < -0.4 is 10.2 Å². The van der Waals surface area contributed by atoms with Crippen LogP contribution in [0.25, 0.3) is 0 Å². The van der Waals surface area contributed by atoms with Gasteiger partial charge in [0.05, 0.1) is 11.4 Å². The zero-order valence-corrected chi connectivity index (χ0v) is 15.8. The Kier molecular flexibility index (Phi) is 5.61. The standard InChI is InChI=1S/C15H14FN5OS3/c1-9(22)21(12-6-4-3-5-11(12)16)14-18-10(7-23-14)8-24-15-20-19-13(17-2)25-15/h3-7H,8H2,1-2H3,(H,17,19). The van der Waals surface area contributed by atoms with Crippen LogP contribution in [0, 0.1) is 5.82 Å². The van der Waals surface area contributed by atoms with Crippen molar-refractivity contribution in [3.8, 4) is 0 Å². The van der Waals surface area contributed by atoms with Crippen molar-refractivity contribution >= 4 is 56.3 Å². The first-order chi connectivity index (χ1) is 12.1. The second kappa shape index (κ2) is 7.89. The molecule has 0 atom stereocenters. The topological polar surface area (TPSA) is 71.0 Å². The summed E-state index contributed by atoms with van der Waals surface area (Å²) < 4.78 is 14.9. The fraction of sp³-hybridized carbons (Fsp3) is 0.200. The molecule has 130 valence electrons. The van der Waals surface area contributed by atoms with E-state index in [2.05, 4.69) is 20.5 Å². The highest BCUT2D eigenvalue weighted by Gasteiger charge is 2.21. The van der Waals surface area contributed by atoms with Crippen LogP contribution in [-0.2, 0) is 10.5 Å². The molecule has 2 aromatic heterocycles. The Bertz CT molecular complexity index is 881. The van der Waals surface area contributed by atoms with E-state index in [1.165, 1.54) is 52.3 Å². The Morgan fingerprint density at radius 2 is 2.16 bits per heavy atom. The smallest absolute Gasteiger partial charge is 0.230 e. The Hall–Kier alpha value is -2.04. The lowest BCUT2D eigenvalue weighted by atomic mass is 10.3. The summed E-state index contributed by atoms with van der Waals surface area (Å²) in [6.07, 6.45) is 0. The molecule has 0 spiro atoms. The van der Waals surface area contributed by atoms with Crippen molar-refractivity contribution < 1.29 is 9.18 Å². The number of amides is 1. The van der Waals surface area contributed by atoms with Gasteiger partial charge >= 0.3 is 0 Å². The maximum atomic E-state index is 14.1. The van der Waals surface area contributed by atoms with Crippen molar-refractivity contribution in [3.05, 3.63) is 41.2 Å². The number of hydrogen-bond donors (Lipinski definition) is 1. The summed E-state index contributed by atoms with van der Waals surface area (Å²) in [5.74, 6) is -0.156. The normalized spacial score (nSPS) is 10.7. The molecule has 10 heteroatoms. The Labute approximate surface area is 156 Å². The van der Waals surface area contributed by atoms with Crippen LogP contribution >= 0.6 is 34.4 Å². The molecule has 1 N–H and O–H groups in total. The number of nitrogens with one attached hydrogen (secondary N) is 1. The first-order valence-electron chi connectivity index (χ1n) is 7.22. The number of carbonyl (C=O) groups is 1. The molecule has 6 nitrogen and oxygen atoms in total. The highest BCUT2D eigenvalue weighted by Crippen LogP contribution is 2.33. The largest absolute Gasteiger partial charge is 0.363 e. The van der Waals surface area contributed by atoms with E-state index < -0.39 is 5.82 Å². The predicted octanol–water partition coefficient (Wildman–Crippen LogP) is 4.15. The molecule has 3 rings (SSSR count). The minimum absolute atomic E-state index is 0.200. The Morgan fingerprint density at radius 1 is 1.36 bits per heavy atom. The SMILES string of the molecule is CNc1nnc(SCc2csc(N(C(C)=O)c3ccccc3F)n2)s1. The lowest BCUT2D eigenvalue weighted by Crippen LogP contribution is -2.23. The van der Waals surface area contributed by atoms with E-state index in [0.717, 1.165) is 15.2 Å². The molecule has 3 aromatic rings. The molecule has 0 fully saturated rings. The van der Waals surface area contributed by atoms with Gasteiger partial charge in [-0.25, -0.2) is 9.37 Å². The monoisotopic (exact) mass is 395 g/mol. The number of para-hydroxylation sites is 1. The van der Waals surface area contributed by atoms with Crippen molar-refractivity contribution in [3.63, 3.8) is 0 Å². The van der Waals surface area contributed by atoms with Crippen LogP contribution in [0.15, 0.2) is 34.0 Å². The second-order valence-electron chi connectivity index (χ2n) is 4.84. The zero-order chi connectivity index (χ0) is 17.8. The molecular formula is C15H14FN5OS3. The van der Waals surface area contributed by atoms with Gasteiger partial charge in [0, 0.05) is 25.1 Å². The maximum Gasteiger partial charge on any atom is 0.230 e. The summed E-state index contributed by atoms with van der Waals surface area (Å²) >= 11 is 4.28. The molecule has 25 heavy (non-hydrogen) atoms. The van der Waals surface area contributed by atoms with Gasteiger partial charge in [0.2, 0.25) is 11.0 Å². The summed E-state index contributed by atoms with van der Waals surface area (Å²) in [6.45, 7) is 1.39. The average Bonchev–Trinajstić information content (AvgIpc) is 3.24. The number of halogens is 1. The molecule has 0 aliphatic heterocycles. The second-order valence-corrected chi connectivity index (χ2v) is 7.88. The average molecular weight is 396 g/mol. The number of carbonyl (C=O) groups excluding carboxylic acids is 1. The molecule has 2 heterocycles. The fourth-order valence-electron chi connectivity index (χ4n) is 2.01. The van der Waals surface area contributed by atoms with E-state index in [-0.39, 0.29) is 11.6 Å². The van der Waals surface area contributed by atoms with E-state index in [1.54, 1.807) is 25.2 Å². The molecule has 0 saturated heterocycles. The van der Waals surface area contributed by atoms with E-state index >= 15 is 0 Å². The summed E-state index contributed by atoms with van der Waals surface area (Å²) in [5.41, 5.74) is 1.00. The molecule has 1 amide bonds. The Balaban J connectivity index is 1.76. The lowest BCUT2D eigenvalue weighted by molar-refractivity contribution is -0.115. The number of hydrogen-bond acceptors (Lipinski definition) is 8. The molecule has 0 aliphatic carbocycles. The van der Waals surface area contributed by atoms with Crippen molar-refractivity contribution in [1.82, 2.24) is 15.2 Å². The zero-order valence-electron chi connectivity index (χ0n) is 13.4. The molecular weight excluding hydrogens is 381 g/mol. The highest BCUT2D eigenvalue weighted by atomic mass is 32.2. The number of benzene rings is 1. The van der Waals surface area contributed by atoms with Crippen LogP contribution in [0.5, 0.6) is 0 Å². The van der Waals surface area contributed by atoms with Crippen molar-refractivity contribution in [2.45, 2.75) is 17.0 Å². The van der Waals surface area contributed by atoms with Gasteiger partial charge in [-0.1, -0.05) is 35.2 Å². The third-order valence-corrected chi connectivity index (χ3v) is 6.09. The molecule has 0 bridgehead atoms. The quantitative estimate of drug-likeness (QED) is 0.632. The highest BCUT2D eigenvalue weighted by molar-refractivity contribution is 8.00. The summed E-state index contributed by atoms with van der Waals surface area (Å²) in [7, 11) is 1.79. The number of nitrogens with zero attached hydrogens (tertiary/aromatic N) is 4. The van der Waals surface area contributed by atoms with E-state index in [0.29, 0.717) is 10.9 Å². The van der Waals surface area contributed by atoms with Gasteiger partial charge in [-0.15, -0.1) is 21.5 Å². The number of thiazole rings is 1. The van der Waals surface area contributed by atoms with Gasteiger partial charge in [0.25, 0.3) is 0 Å². The van der Waals surface area contributed by atoms with Crippen LogP contribution in [0.2, 0.25) is 0 Å². The van der Waals surface area contributed by atoms with Gasteiger partial charge in [0.1, 0.15) is 5.82 Å². The molecule has 0 saturated carbocycles. The maximum absolute atomic E-state index is 14.1. The van der Waals surface area contributed by atoms with Crippen LogP contribution in [0.3, 0.4) is 0 Å². The fourth-order valence-corrected chi connectivity index (χ4v) is 4.59. The van der Waals surface area contributed by atoms with E-state index in [4.69, 9.17) is 0 Å². The van der Waals surface area contributed by atoms with Gasteiger partial charge in [-0.3, -0.25) is 9.69 Å². The van der Waals surface area contributed by atoms with Crippen molar-refractivity contribution in [2.24, 2.45) is 0 Å². The predicted molar refractivity (Wildman–Crippen MR) is 100 cm³/mol. The minimum atomic E-state index is -0.461. The van der Waals surface area contributed by atoms with Crippen molar-refractivity contribution in [1.29, 1.82) is 0 Å². The number of thioether (sulfide) groups is 1. The first kappa shape index (κ1) is 17.8. The van der Waals surface area contributed by atoms with E-state index in [9.17, 15) is 9.18 Å². The lowest BCUT2D eigenvalue weighted by Gasteiger charge is -2.18. The van der Waals surface area contributed by atoms with Crippen LogP contribution in [-0.4, -0.2) is 28.1 Å². The Morgan fingerprint density at radius 3 is 2.84 bits per heavy atom. The summed E-state index contributed by atoms with van der Waals surface area (Å²) in [5, 5.41) is 14.0. The number of anilines is 3. The van der Waals surface area contributed by atoms with Gasteiger partial charge in [0.15, 0.2) is 9.47 Å². The van der Waals surface area contributed by atoms with E-state index in [1.807, 2.05) is 5.38 Å². The molecule has 1 aromatic carbocycles. The van der Waals surface area contributed by atoms with Gasteiger partial charge in [-0.05, 0) is 12.1 Å². The van der Waals surface area contributed by atoms with Gasteiger partial charge in [-0.2, -0.15) is 0 Å². The summed E-state index contributed by atoms with van der Waals surface area (Å²) in [4.78, 5) is 17.8. The molecule has 0 unspecified atom stereocenters. The molecule has 0 aliphatic rings. The minimum Gasteiger partial charge on any atom is -0.363 e. The van der Waals surface area contributed by atoms with Gasteiger partial charge < -0.3 is 5.32 Å². The third kappa shape index (κ3) is 4.14.